The molecule has 1 aliphatic heterocycles. The smallest absolute Gasteiger partial charge is 0.164 e. The van der Waals surface area contributed by atoms with Crippen LogP contribution in [0.1, 0.15) is 5.56 Å². The maximum Gasteiger partial charge on any atom is 0.164 e. The van der Waals surface area contributed by atoms with E-state index in [0.717, 1.165) is 72.2 Å². The fourth-order valence-electron chi connectivity index (χ4n) is 7.08. The van der Waals surface area contributed by atoms with Gasteiger partial charge in [0.25, 0.3) is 0 Å². The van der Waals surface area contributed by atoms with Crippen molar-refractivity contribution in [2.45, 2.75) is 6.61 Å². The Balaban J connectivity index is 1.08. The van der Waals surface area contributed by atoms with E-state index in [9.17, 15) is 0 Å². The van der Waals surface area contributed by atoms with E-state index in [1.165, 1.54) is 11.1 Å². The number of fused-ring (bicyclic) bond motifs is 6. The van der Waals surface area contributed by atoms with Gasteiger partial charge in [0, 0.05) is 33.0 Å². The molecule has 0 saturated carbocycles. The molecule has 0 bridgehead atoms. The van der Waals surface area contributed by atoms with Crippen LogP contribution in [0.3, 0.4) is 0 Å². The molecule has 51 heavy (non-hydrogen) atoms. The number of hydrogen-bond donors (Lipinski definition) is 0. The maximum absolute atomic E-state index is 6.16. The number of aromatic nitrogens is 3. The van der Waals surface area contributed by atoms with Crippen LogP contribution in [0.25, 0.3) is 89.5 Å². The molecular weight excluding hydrogens is 627 g/mol. The fourth-order valence-corrected chi connectivity index (χ4v) is 7.08. The van der Waals surface area contributed by atoms with Gasteiger partial charge >= 0.3 is 0 Å². The Hall–Kier alpha value is -6.85. The minimum absolute atomic E-state index is 0.578. The molecule has 9 aromatic rings. The normalized spacial score (nSPS) is 12.0. The first-order valence-electron chi connectivity index (χ1n) is 17.0. The molecule has 0 saturated heterocycles. The zero-order valence-electron chi connectivity index (χ0n) is 27.5. The van der Waals surface area contributed by atoms with E-state index in [-0.39, 0.29) is 0 Å². The second-order valence-electron chi connectivity index (χ2n) is 12.8. The van der Waals surface area contributed by atoms with Gasteiger partial charge in [0.2, 0.25) is 0 Å². The highest BCUT2D eigenvalue weighted by molar-refractivity contribution is 6.06. The summed E-state index contributed by atoms with van der Waals surface area (Å²) in [4.78, 5) is 15.2. The number of furan rings is 1. The molecule has 10 rings (SSSR count). The van der Waals surface area contributed by atoms with E-state index in [2.05, 4.69) is 121 Å². The minimum Gasteiger partial charge on any atom is -0.488 e. The molecule has 0 fully saturated rings. The average Bonchev–Trinajstić information content (AvgIpc) is 3.59. The summed E-state index contributed by atoms with van der Waals surface area (Å²) in [6, 6.07) is 56.2. The molecule has 5 nitrogen and oxygen atoms in total. The zero-order valence-corrected chi connectivity index (χ0v) is 27.5. The van der Waals surface area contributed by atoms with E-state index >= 15 is 0 Å². The van der Waals surface area contributed by atoms with Crippen LogP contribution in [-0.4, -0.2) is 15.0 Å². The Morgan fingerprint density at radius 2 is 0.961 bits per heavy atom. The number of ether oxygens (including phenoxy) is 1. The molecule has 0 radical (unpaired) electrons. The van der Waals surface area contributed by atoms with Gasteiger partial charge in [0.1, 0.15) is 23.5 Å². The summed E-state index contributed by atoms with van der Waals surface area (Å²) in [6.07, 6.45) is 0. The van der Waals surface area contributed by atoms with Crippen molar-refractivity contribution >= 4 is 21.9 Å². The van der Waals surface area contributed by atoms with Crippen LogP contribution in [0.2, 0.25) is 0 Å². The largest absolute Gasteiger partial charge is 0.488 e. The van der Waals surface area contributed by atoms with Gasteiger partial charge in [-0.15, -0.1) is 0 Å². The third-order valence-electron chi connectivity index (χ3n) is 9.67. The van der Waals surface area contributed by atoms with Crippen molar-refractivity contribution in [1.29, 1.82) is 0 Å². The molecule has 0 aliphatic carbocycles. The Bertz CT molecular complexity index is 2730. The Kier molecular flexibility index (Phi) is 6.81. The SMILES string of the molecule is c1ccc(-c2ccc(-c3nc(-c4ccc(-c5cccc6c5-c5ccccc5CO6)cc4)nc(-c4ccc5oc6ccccc6c5c4)n3)cc2)cc1. The van der Waals surface area contributed by atoms with Gasteiger partial charge in [0.05, 0.1) is 0 Å². The van der Waals surface area contributed by atoms with Gasteiger partial charge in [-0.25, -0.2) is 15.0 Å². The number of nitrogens with zero attached hydrogens (tertiary/aromatic N) is 3. The van der Waals surface area contributed by atoms with Crippen LogP contribution < -0.4 is 4.74 Å². The first-order chi connectivity index (χ1) is 25.2. The van der Waals surface area contributed by atoms with Crippen molar-refractivity contribution in [3.05, 3.63) is 169 Å². The molecule has 240 valence electrons. The van der Waals surface area contributed by atoms with Crippen LogP contribution in [0.15, 0.2) is 168 Å². The van der Waals surface area contributed by atoms with Crippen molar-refractivity contribution < 1.29 is 9.15 Å². The maximum atomic E-state index is 6.16. The van der Waals surface area contributed by atoms with Crippen molar-refractivity contribution in [3.8, 4) is 73.3 Å². The monoisotopic (exact) mass is 655 g/mol. The summed E-state index contributed by atoms with van der Waals surface area (Å²) in [5.41, 5.74) is 12.5. The quantitative estimate of drug-likeness (QED) is 0.185. The van der Waals surface area contributed by atoms with Gasteiger partial charge in [-0.1, -0.05) is 133 Å². The molecule has 7 aromatic carbocycles. The molecule has 0 amide bonds. The Morgan fingerprint density at radius 1 is 0.392 bits per heavy atom. The molecule has 0 unspecified atom stereocenters. The number of rotatable bonds is 5. The zero-order chi connectivity index (χ0) is 33.7. The predicted molar refractivity (Wildman–Crippen MR) is 204 cm³/mol. The third kappa shape index (κ3) is 5.15. The van der Waals surface area contributed by atoms with Crippen LogP contribution in [0, 0.1) is 0 Å². The van der Waals surface area contributed by atoms with Crippen molar-refractivity contribution in [2.75, 3.05) is 0 Å². The van der Waals surface area contributed by atoms with E-state index < -0.39 is 0 Å². The third-order valence-corrected chi connectivity index (χ3v) is 9.67. The highest BCUT2D eigenvalue weighted by atomic mass is 16.5. The number of hydrogen-bond acceptors (Lipinski definition) is 5. The van der Waals surface area contributed by atoms with Gasteiger partial charge in [0.15, 0.2) is 17.5 Å². The summed E-state index contributed by atoms with van der Waals surface area (Å²) in [5, 5.41) is 2.09. The fraction of sp³-hybridized carbons (Fsp3) is 0.0217. The molecule has 5 heteroatoms. The van der Waals surface area contributed by atoms with Gasteiger partial charge in [-0.05, 0) is 63.7 Å². The molecule has 0 spiro atoms. The van der Waals surface area contributed by atoms with E-state index in [1.807, 2.05) is 42.5 Å². The second kappa shape index (κ2) is 11.9. The summed E-state index contributed by atoms with van der Waals surface area (Å²) < 4.78 is 12.3. The predicted octanol–water partition coefficient (Wildman–Crippen LogP) is 11.7. The van der Waals surface area contributed by atoms with Crippen LogP contribution in [0.4, 0.5) is 0 Å². The van der Waals surface area contributed by atoms with E-state index in [0.29, 0.717) is 24.1 Å². The lowest BCUT2D eigenvalue weighted by atomic mass is 9.89. The number of benzene rings is 7. The van der Waals surface area contributed by atoms with Crippen LogP contribution in [0.5, 0.6) is 5.75 Å². The van der Waals surface area contributed by atoms with Crippen LogP contribution >= 0.6 is 0 Å². The summed E-state index contributed by atoms with van der Waals surface area (Å²) in [5.74, 6) is 2.73. The minimum atomic E-state index is 0.578. The highest BCUT2D eigenvalue weighted by Crippen LogP contribution is 2.44. The topological polar surface area (TPSA) is 61.0 Å². The molecule has 2 aromatic heterocycles. The van der Waals surface area contributed by atoms with Crippen molar-refractivity contribution in [1.82, 2.24) is 15.0 Å². The van der Waals surface area contributed by atoms with Gasteiger partial charge in [-0.2, -0.15) is 0 Å². The Morgan fingerprint density at radius 3 is 1.75 bits per heavy atom. The Labute approximate surface area is 294 Å². The van der Waals surface area contributed by atoms with E-state index in [1.54, 1.807) is 0 Å². The van der Waals surface area contributed by atoms with Crippen molar-refractivity contribution in [2.24, 2.45) is 0 Å². The standard InChI is InChI=1S/C46H29N3O2/c1-2-9-29(10-3-1)30-17-21-32(22-18-30)44-47-45(49-46(48-44)34-25-26-41-39(27-34)38-13-6-7-15-40(38)51-41)33-23-19-31(20-24-33)36-14-8-16-42-43(36)37-12-5-4-11-35(37)28-50-42/h1-27H,28H2. The van der Waals surface area contributed by atoms with Gasteiger partial charge < -0.3 is 9.15 Å². The lowest BCUT2D eigenvalue weighted by Gasteiger charge is -2.23. The van der Waals surface area contributed by atoms with E-state index in [4.69, 9.17) is 24.1 Å². The van der Waals surface area contributed by atoms with Gasteiger partial charge in [-0.3, -0.25) is 0 Å². The second-order valence-corrected chi connectivity index (χ2v) is 12.8. The molecule has 3 heterocycles. The molecule has 1 aliphatic rings. The molecule has 0 N–H and O–H groups in total. The number of para-hydroxylation sites is 1. The average molecular weight is 656 g/mol. The highest BCUT2D eigenvalue weighted by Gasteiger charge is 2.21. The summed E-state index contributed by atoms with van der Waals surface area (Å²) in [7, 11) is 0. The lowest BCUT2D eigenvalue weighted by Crippen LogP contribution is -2.06. The molecule has 0 atom stereocenters. The first-order valence-corrected chi connectivity index (χ1v) is 17.0. The molecular formula is C46H29N3O2. The first kappa shape index (κ1) is 29.1. The van der Waals surface area contributed by atoms with Crippen LogP contribution in [-0.2, 0) is 6.61 Å². The lowest BCUT2D eigenvalue weighted by molar-refractivity contribution is 0.302. The summed E-state index contributed by atoms with van der Waals surface area (Å²) in [6.45, 7) is 0.578. The van der Waals surface area contributed by atoms with Crippen molar-refractivity contribution in [3.63, 3.8) is 0 Å². The summed E-state index contributed by atoms with van der Waals surface area (Å²) >= 11 is 0.